The molecule has 1 N–H and O–H groups in total. The Morgan fingerprint density at radius 2 is 2.18 bits per heavy atom. The summed E-state index contributed by atoms with van der Waals surface area (Å²) < 4.78 is 0. The van der Waals surface area contributed by atoms with Gasteiger partial charge in [0.1, 0.15) is 0 Å². The molecule has 0 aromatic heterocycles. The monoisotopic (exact) mass is 299 g/mol. The molecular formula is C18H25N3O. The van der Waals surface area contributed by atoms with Gasteiger partial charge in [-0.3, -0.25) is 4.79 Å². The molecule has 4 heteroatoms. The lowest BCUT2D eigenvalue weighted by atomic mass is 9.94. The normalized spacial score (nSPS) is 33.5. The number of carbonyl (C=O) groups is 1. The summed E-state index contributed by atoms with van der Waals surface area (Å²) in [6.07, 6.45) is 3.44. The molecule has 2 fully saturated rings. The summed E-state index contributed by atoms with van der Waals surface area (Å²) in [7, 11) is 4.34. The summed E-state index contributed by atoms with van der Waals surface area (Å²) in [5.74, 6) is 0.751. The number of benzene rings is 1. The van der Waals surface area contributed by atoms with Crippen molar-refractivity contribution >= 4 is 11.6 Å². The van der Waals surface area contributed by atoms with Crippen LogP contribution in [0.5, 0.6) is 0 Å². The molecule has 2 aliphatic heterocycles. The van der Waals surface area contributed by atoms with Gasteiger partial charge in [0, 0.05) is 18.3 Å². The third-order valence-electron chi connectivity index (χ3n) is 5.94. The zero-order valence-corrected chi connectivity index (χ0v) is 13.5. The predicted octanol–water partition coefficient (Wildman–Crippen LogP) is 1.92. The zero-order valence-electron chi connectivity index (χ0n) is 13.5. The average Bonchev–Trinajstić information content (AvgIpc) is 2.90. The Bertz CT molecular complexity index is 600. The minimum atomic E-state index is -0.197. The lowest BCUT2D eigenvalue weighted by Crippen LogP contribution is -2.32. The Morgan fingerprint density at radius 3 is 2.95 bits per heavy atom. The van der Waals surface area contributed by atoms with E-state index in [4.69, 9.17) is 0 Å². The topological polar surface area (TPSA) is 35.6 Å². The van der Waals surface area contributed by atoms with Gasteiger partial charge in [-0.15, -0.1) is 0 Å². The quantitative estimate of drug-likeness (QED) is 0.922. The van der Waals surface area contributed by atoms with E-state index in [0.717, 1.165) is 25.1 Å². The molecule has 1 aromatic carbocycles. The highest BCUT2D eigenvalue weighted by Gasteiger charge is 2.63. The van der Waals surface area contributed by atoms with Gasteiger partial charge in [0.05, 0.1) is 5.41 Å². The predicted molar refractivity (Wildman–Crippen MR) is 88.0 cm³/mol. The van der Waals surface area contributed by atoms with Crippen LogP contribution in [0.2, 0.25) is 0 Å². The Labute approximate surface area is 132 Å². The number of nitrogens with zero attached hydrogens (tertiary/aromatic N) is 2. The molecule has 3 aliphatic rings. The van der Waals surface area contributed by atoms with E-state index in [2.05, 4.69) is 41.3 Å². The van der Waals surface area contributed by atoms with Crippen molar-refractivity contribution in [2.45, 2.75) is 30.7 Å². The smallest absolute Gasteiger partial charge is 0.235 e. The minimum absolute atomic E-state index is 0.197. The van der Waals surface area contributed by atoms with Crippen LogP contribution in [0.25, 0.3) is 0 Å². The summed E-state index contributed by atoms with van der Waals surface area (Å²) in [6, 6.07) is 8.91. The van der Waals surface area contributed by atoms with E-state index in [-0.39, 0.29) is 11.3 Å². The molecule has 0 radical (unpaired) electrons. The maximum absolute atomic E-state index is 12.4. The standard InChI is InChI=1S/C18H25N3O/c1-20(2)14-8-10-21(12-14)9-7-13-11-18(13)15-5-3-4-6-16(15)19-17(18)22/h3-6,13-14H,7-12H2,1-2H3,(H,19,22)/t13?,14-,18?/m1/s1. The number of hydrogen-bond donors (Lipinski definition) is 1. The van der Waals surface area contributed by atoms with Crippen molar-refractivity contribution in [2.24, 2.45) is 5.92 Å². The van der Waals surface area contributed by atoms with Crippen molar-refractivity contribution in [1.29, 1.82) is 0 Å². The fourth-order valence-electron chi connectivity index (χ4n) is 4.40. The van der Waals surface area contributed by atoms with E-state index >= 15 is 0 Å². The molecule has 2 heterocycles. The second-order valence-electron chi connectivity index (χ2n) is 7.37. The van der Waals surface area contributed by atoms with Crippen LogP contribution in [0.15, 0.2) is 24.3 Å². The van der Waals surface area contributed by atoms with Crippen LogP contribution in [0.4, 0.5) is 5.69 Å². The SMILES string of the molecule is CN(C)[C@@H]1CCN(CCC2CC23C(=O)Nc2ccccc23)C1. The second kappa shape index (κ2) is 5.07. The van der Waals surface area contributed by atoms with Gasteiger partial charge < -0.3 is 15.1 Å². The lowest BCUT2D eigenvalue weighted by Gasteiger charge is -2.20. The molecule has 4 rings (SSSR count). The molecule has 2 unspecified atom stereocenters. The molecule has 118 valence electrons. The first-order valence-corrected chi connectivity index (χ1v) is 8.41. The molecule has 1 saturated heterocycles. The van der Waals surface area contributed by atoms with Gasteiger partial charge in [0.25, 0.3) is 0 Å². The maximum atomic E-state index is 12.4. The molecule has 1 amide bonds. The number of fused-ring (bicyclic) bond motifs is 2. The van der Waals surface area contributed by atoms with Crippen molar-refractivity contribution in [3.8, 4) is 0 Å². The number of likely N-dealkylation sites (N-methyl/N-ethyl adjacent to an activating group) is 1. The van der Waals surface area contributed by atoms with Crippen LogP contribution >= 0.6 is 0 Å². The van der Waals surface area contributed by atoms with Gasteiger partial charge in [-0.2, -0.15) is 0 Å². The van der Waals surface area contributed by atoms with E-state index in [1.165, 1.54) is 25.1 Å². The molecule has 3 atom stereocenters. The first-order valence-electron chi connectivity index (χ1n) is 8.41. The second-order valence-corrected chi connectivity index (χ2v) is 7.37. The van der Waals surface area contributed by atoms with Crippen LogP contribution < -0.4 is 5.32 Å². The largest absolute Gasteiger partial charge is 0.325 e. The first kappa shape index (κ1) is 14.2. The molecule has 4 nitrogen and oxygen atoms in total. The van der Waals surface area contributed by atoms with Gasteiger partial charge in [-0.05, 0) is 64.0 Å². The fourth-order valence-corrected chi connectivity index (χ4v) is 4.40. The Balaban J connectivity index is 1.38. The molecule has 22 heavy (non-hydrogen) atoms. The summed E-state index contributed by atoms with van der Waals surface area (Å²) in [6.45, 7) is 3.51. The van der Waals surface area contributed by atoms with Gasteiger partial charge in [0.2, 0.25) is 5.91 Å². The van der Waals surface area contributed by atoms with E-state index < -0.39 is 0 Å². The van der Waals surface area contributed by atoms with Crippen LogP contribution in [0.1, 0.15) is 24.8 Å². The molecule has 1 saturated carbocycles. The summed E-state index contributed by atoms with van der Waals surface area (Å²) >= 11 is 0. The summed E-state index contributed by atoms with van der Waals surface area (Å²) in [5.41, 5.74) is 2.07. The van der Waals surface area contributed by atoms with Crippen LogP contribution in [0, 0.1) is 5.92 Å². The lowest BCUT2D eigenvalue weighted by molar-refractivity contribution is -0.118. The van der Waals surface area contributed by atoms with E-state index in [1.807, 2.05) is 12.1 Å². The van der Waals surface area contributed by atoms with Crippen molar-refractivity contribution in [2.75, 3.05) is 39.0 Å². The van der Waals surface area contributed by atoms with Gasteiger partial charge in [-0.25, -0.2) is 0 Å². The highest BCUT2D eigenvalue weighted by atomic mass is 16.2. The van der Waals surface area contributed by atoms with Crippen LogP contribution in [-0.4, -0.2) is 55.5 Å². The maximum Gasteiger partial charge on any atom is 0.235 e. The van der Waals surface area contributed by atoms with E-state index in [1.54, 1.807) is 0 Å². The molecule has 1 aliphatic carbocycles. The van der Waals surface area contributed by atoms with Crippen molar-refractivity contribution < 1.29 is 4.79 Å². The van der Waals surface area contributed by atoms with Gasteiger partial charge >= 0.3 is 0 Å². The number of hydrogen-bond acceptors (Lipinski definition) is 3. The zero-order chi connectivity index (χ0) is 15.3. The molecule has 1 spiro atoms. The average molecular weight is 299 g/mol. The van der Waals surface area contributed by atoms with Crippen LogP contribution in [-0.2, 0) is 10.2 Å². The number of rotatable bonds is 4. The third kappa shape index (κ3) is 2.09. The van der Waals surface area contributed by atoms with Crippen molar-refractivity contribution in [3.05, 3.63) is 29.8 Å². The van der Waals surface area contributed by atoms with Gasteiger partial charge in [0.15, 0.2) is 0 Å². The molecule has 1 aromatic rings. The molecular weight excluding hydrogens is 274 g/mol. The molecule has 0 bridgehead atoms. The minimum Gasteiger partial charge on any atom is -0.325 e. The van der Waals surface area contributed by atoms with Crippen LogP contribution in [0.3, 0.4) is 0 Å². The number of amides is 1. The number of para-hydroxylation sites is 1. The van der Waals surface area contributed by atoms with E-state index in [9.17, 15) is 4.79 Å². The Kier molecular flexibility index (Phi) is 3.27. The summed E-state index contributed by atoms with van der Waals surface area (Å²) in [5, 5.41) is 3.07. The number of nitrogens with one attached hydrogen (secondary N) is 1. The third-order valence-corrected chi connectivity index (χ3v) is 5.94. The number of anilines is 1. The Hall–Kier alpha value is -1.39. The highest BCUT2D eigenvalue weighted by Crippen LogP contribution is 2.61. The van der Waals surface area contributed by atoms with Gasteiger partial charge in [-0.1, -0.05) is 18.2 Å². The Morgan fingerprint density at radius 1 is 1.36 bits per heavy atom. The first-order chi connectivity index (χ1) is 10.6. The summed E-state index contributed by atoms with van der Waals surface area (Å²) in [4.78, 5) is 17.3. The fraction of sp³-hybridized carbons (Fsp3) is 0.611. The number of carbonyl (C=O) groups excluding carboxylic acids is 1. The highest BCUT2D eigenvalue weighted by molar-refractivity contribution is 6.08. The van der Waals surface area contributed by atoms with E-state index in [0.29, 0.717) is 12.0 Å². The van der Waals surface area contributed by atoms with Crippen molar-refractivity contribution in [3.63, 3.8) is 0 Å². The van der Waals surface area contributed by atoms with Crippen molar-refractivity contribution in [1.82, 2.24) is 9.80 Å². The number of likely N-dealkylation sites (tertiary alicyclic amines) is 1.